The summed E-state index contributed by atoms with van der Waals surface area (Å²) in [5.41, 5.74) is 3.51. The zero-order valence-corrected chi connectivity index (χ0v) is 18.1. The number of likely N-dealkylation sites (tertiary alicyclic amines) is 1. The van der Waals surface area contributed by atoms with Gasteiger partial charge in [-0.05, 0) is 56.9 Å². The number of halogens is 1. The Hall–Kier alpha value is -2.86. The van der Waals surface area contributed by atoms with Crippen molar-refractivity contribution < 1.29 is 9.53 Å². The van der Waals surface area contributed by atoms with Gasteiger partial charge in [0.2, 0.25) is 0 Å². The Morgan fingerprint density at radius 1 is 1.07 bits per heavy atom. The highest BCUT2D eigenvalue weighted by molar-refractivity contribution is 6.29. The van der Waals surface area contributed by atoms with Crippen LogP contribution in [-0.2, 0) is 4.74 Å². The molecule has 1 amide bonds. The quantitative estimate of drug-likeness (QED) is 0.534. The molecule has 0 radical (unpaired) electrons. The number of H-pyrrole nitrogens is 1. The molecule has 1 fully saturated rings. The van der Waals surface area contributed by atoms with Gasteiger partial charge in [0.15, 0.2) is 0 Å². The number of nitrogens with one attached hydrogen (secondary N) is 1. The van der Waals surface area contributed by atoms with Gasteiger partial charge in [0.05, 0.1) is 17.9 Å². The van der Waals surface area contributed by atoms with Gasteiger partial charge in [-0.3, -0.25) is 4.90 Å². The van der Waals surface area contributed by atoms with E-state index in [-0.39, 0.29) is 12.1 Å². The van der Waals surface area contributed by atoms with E-state index in [2.05, 4.69) is 15.0 Å². The normalized spacial score (nSPS) is 16.7. The van der Waals surface area contributed by atoms with Gasteiger partial charge in [-0.15, -0.1) is 0 Å². The fourth-order valence-electron chi connectivity index (χ4n) is 3.63. The summed E-state index contributed by atoms with van der Waals surface area (Å²) in [4.78, 5) is 26.4. The summed E-state index contributed by atoms with van der Waals surface area (Å²) in [6.07, 6.45) is 5.10. The first-order valence-electron chi connectivity index (χ1n) is 10.1. The molecule has 0 saturated carbocycles. The zero-order chi connectivity index (χ0) is 21.3. The number of nitrogens with zero attached hydrogens (tertiary/aromatic N) is 3. The largest absolute Gasteiger partial charge is 0.444 e. The molecule has 1 unspecified atom stereocenters. The first-order chi connectivity index (χ1) is 14.3. The van der Waals surface area contributed by atoms with Crippen molar-refractivity contribution in [3.05, 3.63) is 59.8 Å². The summed E-state index contributed by atoms with van der Waals surface area (Å²) < 4.78 is 5.56. The van der Waals surface area contributed by atoms with E-state index in [4.69, 9.17) is 16.3 Å². The van der Waals surface area contributed by atoms with Crippen molar-refractivity contribution >= 4 is 17.7 Å². The molecule has 2 aromatic heterocycles. The van der Waals surface area contributed by atoms with E-state index in [1.807, 2.05) is 57.3 Å². The van der Waals surface area contributed by atoms with Crippen molar-refractivity contribution in [2.75, 3.05) is 6.54 Å². The maximum atomic E-state index is 12.6. The van der Waals surface area contributed by atoms with Crippen molar-refractivity contribution in [3.8, 4) is 22.4 Å². The fraction of sp³-hybridized carbons (Fsp3) is 0.348. The molecular formula is C23H25ClN4O2. The molecule has 156 valence electrons. The number of hydrogen-bond acceptors (Lipinski definition) is 4. The maximum absolute atomic E-state index is 12.6. The van der Waals surface area contributed by atoms with Crippen LogP contribution in [0.25, 0.3) is 22.4 Å². The average molecular weight is 425 g/mol. The molecule has 7 heteroatoms. The number of hydrogen-bond donors (Lipinski definition) is 1. The molecular weight excluding hydrogens is 400 g/mol. The molecule has 0 bridgehead atoms. The van der Waals surface area contributed by atoms with Gasteiger partial charge in [0.25, 0.3) is 0 Å². The predicted molar refractivity (Wildman–Crippen MR) is 117 cm³/mol. The van der Waals surface area contributed by atoms with Crippen LogP contribution < -0.4 is 0 Å². The van der Waals surface area contributed by atoms with E-state index in [1.165, 1.54) is 0 Å². The number of aromatic nitrogens is 3. The smallest absolute Gasteiger partial charge is 0.410 e. The second kappa shape index (κ2) is 8.11. The van der Waals surface area contributed by atoms with Crippen LogP contribution in [0.5, 0.6) is 0 Å². The zero-order valence-electron chi connectivity index (χ0n) is 17.4. The van der Waals surface area contributed by atoms with Gasteiger partial charge in [-0.1, -0.05) is 35.9 Å². The van der Waals surface area contributed by atoms with Crippen LogP contribution in [0.4, 0.5) is 4.79 Å². The van der Waals surface area contributed by atoms with Crippen LogP contribution in [0.15, 0.2) is 48.8 Å². The summed E-state index contributed by atoms with van der Waals surface area (Å²) in [7, 11) is 0. The van der Waals surface area contributed by atoms with Crippen molar-refractivity contribution in [2.45, 2.75) is 45.3 Å². The lowest BCUT2D eigenvalue weighted by atomic mass is 10.0. The number of rotatable bonds is 3. The predicted octanol–water partition coefficient (Wildman–Crippen LogP) is 5.86. The third kappa shape index (κ3) is 4.49. The van der Waals surface area contributed by atoms with Crippen LogP contribution in [0.1, 0.15) is 45.5 Å². The minimum Gasteiger partial charge on any atom is -0.444 e. The third-order valence-electron chi connectivity index (χ3n) is 5.05. The molecule has 3 heterocycles. The lowest BCUT2D eigenvalue weighted by Gasteiger charge is -2.27. The Kier molecular flexibility index (Phi) is 5.52. The molecule has 4 rings (SSSR count). The Labute approximate surface area is 181 Å². The Morgan fingerprint density at radius 3 is 2.43 bits per heavy atom. The Morgan fingerprint density at radius 2 is 1.77 bits per heavy atom. The summed E-state index contributed by atoms with van der Waals surface area (Å²) in [6, 6.07) is 11.8. The van der Waals surface area contributed by atoms with Gasteiger partial charge in [-0.25, -0.2) is 14.8 Å². The van der Waals surface area contributed by atoms with Crippen LogP contribution in [-0.4, -0.2) is 38.1 Å². The van der Waals surface area contributed by atoms with Crippen molar-refractivity contribution in [1.29, 1.82) is 0 Å². The van der Waals surface area contributed by atoms with Crippen LogP contribution >= 0.6 is 11.6 Å². The monoisotopic (exact) mass is 424 g/mol. The number of amides is 1. The third-order valence-corrected chi connectivity index (χ3v) is 5.27. The number of pyridine rings is 1. The lowest BCUT2D eigenvalue weighted by Crippen LogP contribution is -2.36. The van der Waals surface area contributed by atoms with Gasteiger partial charge in [-0.2, -0.15) is 0 Å². The van der Waals surface area contributed by atoms with E-state index in [0.717, 1.165) is 41.1 Å². The van der Waals surface area contributed by atoms with Crippen LogP contribution in [0, 0.1) is 0 Å². The standard InChI is InChI=1S/C23H25ClN4O2/c1-23(2,3)30-22(29)28-12-4-5-19(28)21-26-14-18(27-21)16-8-6-15(7-9-16)17-10-11-20(24)25-13-17/h6-11,13-14,19H,4-5,12H2,1-3H3,(H,26,27). The molecule has 0 spiro atoms. The minimum atomic E-state index is -0.514. The van der Waals surface area contributed by atoms with E-state index in [0.29, 0.717) is 11.7 Å². The van der Waals surface area contributed by atoms with Gasteiger partial charge in [0.1, 0.15) is 16.6 Å². The van der Waals surface area contributed by atoms with E-state index in [1.54, 1.807) is 17.2 Å². The highest BCUT2D eigenvalue weighted by atomic mass is 35.5. The minimum absolute atomic E-state index is 0.0898. The molecule has 1 aliphatic rings. The second-order valence-corrected chi connectivity index (χ2v) is 8.85. The molecule has 30 heavy (non-hydrogen) atoms. The molecule has 6 nitrogen and oxygen atoms in total. The number of aromatic amines is 1. The van der Waals surface area contributed by atoms with Crippen molar-refractivity contribution in [3.63, 3.8) is 0 Å². The average Bonchev–Trinajstić information content (AvgIpc) is 3.37. The summed E-state index contributed by atoms with van der Waals surface area (Å²) in [5, 5.41) is 0.479. The van der Waals surface area contributed by atoms with Crippen LogP contribution in [0.3, 0.4) is 0 Å². The molecule has 1 saturated heterocycles. The number of carbonyl (C=O) groups excluding carboxylic acids is 1. The van der Waals surface area contributed by atoms with Gasteiger partial charge < -0.3 is 9.72 Å². The van der Waals surface area contributed by atoms with Crippen LogP contribution in [0.2, 0.25) is 5.15 Å². The second-order valence-electron chi connectivity index (χ2n) is 8.46. The summed E-state index contributed by atoms with van der Waals surface area (Å²) in [5.74, 6) is 0.791. The summed E-state index contributed by atoms with van der Waals surface area (Å²) >= 11 is 5.87. The molecule has 1 aromatic carbocycles. The first kappa shape index (κ1) is 20.4. The van der Waals surface area contributed by atoms with E-state index in [9.17, 15) is 4.79 Å². The Balaban J connectivity index is 1.51. The molecule has 3 aromatic rings. The van der Waals surface area contributed by atoms with Crippen molar-refractivity contribution in [1.82, 2.24) is 19.9 Å². The fourth-order valence-corrected chi connectivity index (χ4v) is 3.74. The number of ether oxygens (including phenoxy) is 1. The van der Waals surface area contributed by atoms with Crippen molar-refractivity contribution in [2.24, 2.45) is 0 Å². The SMILES string of the molecule is CC(C)(C)OC(=O)N1CCCC1c1ncc(-c2ccc(-c3ccc(Cl)nc3)cc2)[nH]1. The highest BCUT2D eigenvalue weighted by Crippen LogP contribution is 2.33. The molecule has 1 atom stereocenters. The topological polar surface area (TPSA) is 71.1 Å². The molecule has 1 N–H and O–H groups in total. The lowest BCUT2D eigenvalue weighted by molar-refractivity contribution is 0.0218. The van der Waals surface area contributed by atoms with E-state index >= 15 is 0 Å². The number of imidazole rings is 1. The molecule has 1 aliphatic heterocycles. The Bertz CT molecular complexity index is 1020. The highest BCUT2D eigenvalue weighted by Gasteiger charge is 2.34. The summed E-state index contributed by atoms with van der Waals surface area (Å²) in [6.45, 7) is 6.32. The number of carbonyl (C=O) groups is 1. The van der Waals surface area contributed by atoms with E-state index < -0.39 is 5.60 Å². The number of benzene rings is 1. The maximum Gasteiger partial charge on any atom is 0.410 e. The van der Waals surface area contributed by atoms with Gasteiger partial charge >= 0.3 is 6.09 Å². The van der Waals surface area contributed by atoms with Gasteiger partial charge in [0, 0.05) is 18.3 Å². The first-order valence-corrected chi connectivity index (χ1v) is 10.4. The molecule has 0 aliphatic carbocycles.